The highest BCUT2D eigenvalue weighted by Gasteiger charge is 2.32. The molecule has 8 heteroatoms. The summed E-state index contributed by atoms with van der Waals surface area (Å²) >= 11 is 1.36. The molecule has 4 rings (SSSR count). The third-order valence-corrected chi connectivity index (χ3v) is 5.88. The van der Waals surface area contributed by atoms with Gasteiger partial charge in [-0.05, 0) is 48.9 Å². The first-order valence-electron chi connectivity index (χ1n) is 9.40. The molecule has 1 aliphatic rings. The molecular weight excluding hydrogens is 400 g/mol. The molecule has 0 aromatic carbocycles. The molecule has 3 aromatic rings. The molecule has 7 nitrogen and oxygen atoms in total. The summed E-state index contributed by atoms with van der Waals surface area (Å²) in [4.78, 5) is 31.0. The molecule has 4 heterocycles. The Morgan fingerprint density at radius 2 is 2.23 bits per heavy atom. The van der Waals surface area contributed by atoms with Crippen LogP contribution in [0, 0.1) is 11.3 Å². The van der Waals surface area contributed by atoms with E-state index in [1.807, 2.05) is 0 Å². The Labute approximate surface area is 177 Å². The van der Waals surface area contributed by atoms with Crippen LogP contribution < -0.4 is 10.6 Å². The molecule has 0 spiro atoms. The van der Waals surface area contributed by atoms with Crippen molar-refractivity contribution in [3.8, 4) is 6.07 Å². The van der Waals surface area contributed by atoms with Crippen LogP contribution in [0.25, 0.3) is 6.08 Å². The second-order valence-corrected chi connectivity index (χ2v) is 7.76. The third-order valence-electron chi connectivity index (χ3n) is 4.73. The number of furan rings is 1. The van der Waals surface area contributed by atoms with Gasteiger partial charge in [0.25, 0.3) is 0 Å². The monoisotopic (exact) mass is 418 g/mol. The molecule has 1 atom stereocenters. The molecule has 150 valence electrons. The molecule has 0 saturated heterocycles. The average molecular weight is 418 g/mol. The van der Waals surface area contributed by atoms with Gasteiger partial charge in [0, 0.05) is 23.7 Å². The van der Waals surface area contributed by atoms with Crippen LogP contribution in [0.1, 0.15) is 38.2 Å². The summed E-state index contributed by atoms with van der Waals surface area (Å²) in [6.07, 6.45) is 6.64. The van der Waals surface area contributed by atoms with E-state index >= 15 is 0 Å². The fourth-order valence-electron chi connectivity index (χ4n) is 3.33. The van der Waals surface area contributed by atoms with Crippen molar-refractivity contribution in [1.82, 2.24) is 10.3 Å². The molecular formula is C22H18N4O3S. The van der Waals surface area contributed by atoms with Crippen LogP contribution in [0.15, 0.2) is 53.3 Å². The average Bonchev–Trinajstić information content (AvgIpc) is 3.41. The van der Waals surface area contributed by atoms with E-state index < -0.39 is 5.92 Å². The fourth-order valence-corrected chi connectivity index (χ4v) is 4.56. The number of carbonyl (C=O) groups excluding carboxylic acids is 2. The maximum Gasteiger partial charge on any atom is 0.249 e. The van der Waals surface area contributed by atoms with E-state index in [1.54, 1.807) is 42.6 Å². The SMILES string of the molecule is N#CC(C(=O)c1c(NC(=O)/C=C/c2ccco2)sc2c1CCNC2)c1ccccn1. The molecule has 1 unspecified atom stereocenters. The summed E-state index contributed by atoms with van der Waals surface area (Å²) < 4.78 is 5.19. The van der Waals surface area contributed by atoms with E-state index in [2.05, 4.69) is 21.7 Å². The standard InChI is InChI=1S/C22H18N4O3S/c23-12-16(17-5-1-2-9-25-17)21(28)20-15-8-10-24-13-18(15)30-22(20)26-19(27)7-6-14-4-3-11-29-14/h1-7,9,11,16,24H,8,10,13H2,(H,26,27)/b7-6+. The molecule has 1 amide bonds. The van der Waals surface area contributed by atoms with Gasteiger partial charge < -0.3 is 15.1 Å². The van der Waals surface area contributed by atoms with E-state index in [-0.39, 0.29) is 11.7 Å². The zero-order valence-corrected chi connectivity index (χ0v) is 16.7. The largest absolute Gasteiger partial charge is 0.465 e. The van der Waals surface area contributed by atoms with Crippen molar-refractivity contribution in [2.45, 2.75) is 18.9 Å². The summed E-state index contributed by atoms with van der Waals surface area (Å²) in [5.74, 6) is -1.20. The van der Waals surface area contributed by atoms with Crippen LogP contribution in [-0.2, 0) is 17.8 Å². The van der Waals surface area contributed by atoms with Crippen LogP contribution >= 0.6 is 11.3 Å². The van der Waals surface area contributed by atoms with Crippen molar-refractivity contribution >= 4 is 34.1 Å². The predicted octanol–water partition coefficient (Wildman–Crippen LogP) is 3.52. The van der Waals surface area contributed by atoms with Crippen LogP contribution in [0.5, 0.6) is 0 Å². The quantitative estimate of drug-likeness (QED) is 0.468. The van der Waals surface area contributed by atoms with E-state index in [9.17, 15) is 14.9 Å². The van der Waals surface area contributed by atoms with Gasteiger partial charge in [-0.1, -0.05) is 6.07 Å². The van der Waals surface area contributed by atoms with Crippen LogP contribution in [-0.4, -0.2) is 23.2 Å². The number of rotatable bonds is 6. The normalized spacial score (nSPS) is 14.1. The summed E-state index contributed by atoms with van der Waals surface area (Å²) in [7, 11) is 0. The lowest BCUT2D eigenvalue weighted by Gasteiger charge is -2.15. The summed E-state index contributed by atoms with van der Waals surface area (Å²) in [6, 6.07) is 10.7. The number of fused-ring (bicyclic) bond motifs is 1. The van der Waals surface area contributed by atoms with Gasteiger partial charge in [0.05, 0.1) is 23.6 Å². The number of aromatic nitrogens is 1. The molecule has 30 heavy (non-hydrogen) atoms. The predicted molar refractivity (Wildman–Crippen MR) is 113 cm³/mol. The molecule has 0 fully saturated rings. The highest BCUT2D eigenvalue weighted by atomic mass is 32.1. The lowest BCUT2D eigenvalue weighted by molar-refractivity contribution is -0.111. The summed E-state index contributed by atoms with van der Waals surface area (Å²) in [6.45, 7) is 1.36. The maximum atomic E-state index is 13.4. The second-order valence-electron chi connectivity index (χ2n) is 6.65. The molecule has 0 aliphatic carbocycles. The fraction of sp³-hybridized carbons (Fsp3) is 0.182. The molecule has 2 N–H and O–H groups in total. The second kappa shape index (κ2) is 8.86. The number of carbonyl (C=O) groups is 2. The molecule has 0 saturated carbocycles. The minimum atomic E-state index is -1.03. The lowest BCUT2D eigenvalue weighted by Crippen LogP contribution is -2.24. The number of nitrogens with one attached hydrogen (secondary N) is 2. The van der Waals surface area contributed by atoms with Crippen LogP contribution in [0.4, 0.5) is 5.00 Å². The third kappa shape index (κ3) is 4.08. The number of nitriles is 1. The smallest absolute Gasteiger partial charge is 0.249 e. The first-order chi connectivity index (χ1) is 14.7. The minimum absolute atomic E-state index is 0.346. The highest BCUT2D eigenvalue weighted by Crippen LogP contribution is 2.38. The van der Waals surface area contributed by atoms with Gasteiger partial charge >= 0.3 is 0 Å². The van der Waals surface area contributed by atoms with E-state index in [0.717, 1.165) is 17.0 Å². The summed E-state index contributed by atoms with van der Waals surface area (Å²) in [5, 5.41) is 16.2. The van der Waals surface area contributed by atoms with Gasteiger partial charge in [0.2, 0.25) is 5.91 Å². The zero-order valence-electron chi connectivity index (χ0n) is 15.9. The van der Waals surface area contributed by atoms with Crippen molar-refractivity contribution in [1.29, 1.82) is 5.26 Å². The number of amides is 1. The number of hydrogen-bond acceptors (Lipinski definition) is 7. The molecule has 0 radical (unpaired) electrons. The Balaban J connectivity index is 1.66. The van der Waals surface area contributed by atoms with Gasteiger partial charge in [-0.25, -0.2) is 0 Å². The maximum absolute atomic E-state index is 13.4. The van der Waals surface area contributed by atoms with Gasteiger partial charge in [-0.15, -0.1) is 11.3 Å². The number of ketones is 1. The van der Waals surface area contributed by atoms with E-state index in [0.29, 0.717) is 35.0 Å². The molecule has 3 aromatic heterocycles. The number of anilines is 1. The molecule has 0 bridgehead atoms. The topological polar surface area (TPSA) is 108 Å². The zero-order chi connectivity index (χ0) is 20.9. The van der Waals surface area contributed by atoms with E-state index in [4.69, 9.17) is 4.42 Å². The van der Waals surface area contributed by atoms with Crippen LogP contribution in [0.3, 0.4) is 0 Å². The number of nitrogens with zero attached hydrogens (tertiary/aromatic N) is 2. The first kappa shape index (κ1) is 19.8. The van der Waals surface area contributed by atoms with Crippen molar-refractivity contribution in [2.24, 2.45) is 0 Å². The van der Waals surface area contributed by atoms with Gasteiger partial charge in [0.15, 0.2) is 11.7 Å². The lowest BCUT2D eigenvalue weighted by atomic mass is 9.91. The number of hydrogen-bond donors (Lipinski definition) is 2. The number of thiophene rings is 1. The Morgan fingerprint density at radius 3 is 2.97 bits per heavy atom. The Hall–Kier alpha value is -3.54. The number of pyridine rings is 1. The Morgan fingerprint density at radius 1 is 1.33 bits per heavy atom. The van der Waals surface area contributed by atoms with E-state index in [1.165, 1.54) is 23.7 Å². The summed E-state index contributed by atoms with van der Waals surface area (Å²) in [5.41, 5.74) is 1.70. The molecule has 1 aliphatic heterocycles. The first-order valence-corrected chi connectivity index (χ1v) is 10.2. The van der Waals surface area contributed by atoms with Gasteiger partial charge in [-0.2, -0.15) is 5.26 Å². The highest BCUT2D eigenvalue weighted by molar-refractivity contribution is 7.17. The Kier molecular flexibility index (Phi) is 5.84. The van der Waals surface area contributed by atoms with Crippen molar-refractivity contribution < 1.29 is 14.0 Å². The van der Waals surface area contributed by atoms with Crippen LogP contribution in [0.2, 0.25) is 0 Å². The minimum Gasteiger partial charge on any atom is -0.465 e. The van der Waals surface area contributed by atoms with Crippen molar-refractivity contribution in [2.75, 3.05) is 11.9 Å². The number of Topliss-reactive ketones (excluding diaryl/α,β-unsaturated/α-hetero) is 1. The van der Waals surface area contributed by atoms with Gasteiger partial charge in [0.1, 0.15) is 10.8 Å². The van der Waals surface area contributed by atoms with Crippen molar-refractivity contribution in [3.63, 3.8) is 0 Å². The van der Waals surface area contributed by atoms with Crippen molar-refractivity contribution in [3.05, 3.63) is 76.3 Å². The Bertz CT molecular complexity index is 1130. The van der Waals surface area contributed by atoms with Gasteiger partial charge in [-0.3, -0.25) is 14.6 Å².